The molecule has 0 atom stereocenters. The maximum absolute atomic E-state index is 13.3. The molecule has 0 radical (unpaired) electrons. The molecule has 0 fully saturated rings. The number of aromatic nitrogens is 2. The molecule has 0 aliphatic rings. The Kier molecular flexibility index (Phi) is 5.25. The average molecular weight is 385 g/mol. The van der Waals surface area contributed by atoms with Gasteiger partial charge in [-0.25, -0.2) is 9.37 Å². The smallest absolute Gasteiger partial charge is 0.255 e. The molecule has 0 saturated carbocycles. The summed E-state index contributed by atoms with van der Waals surface area (Å²) in [5, 5.41) is 2.66. The van der Waals surface area contributed by atoms with Crippen LogP contribution in [0, 0.1) is 5.82 Å². The van der Waals surface area contributed by atoms with Crippen molar-refractivity contribution >= 4 is 11.6 Å². The van der Waals surface area contributed by atoms with Crippen LogP contribution in [0.3, 0.4) is 0 Å². The van der Waals surface area contributed by atoms with Crippen molar-refractivity contribution < 1.29 is 13.9 Å². The highest BCUT2D eigenvalue weighted by Crippen LogP contribution is 2.22. The minimum absolute atomic E-state index is 0.329. The fourth-order valence-corrected chi connectivity index (χ4v) is 2.69. The summed E-state index contributed by atoms with van der Waals surface area (Å²) in [5.74, 6) is 0.850. The molecule has 0 bridgehead atoms. The van der Waals surface area contributed by atoms with E-state index in [1.807, 2.05) is 30.3 Å². The Morgan fingerprint density at radius 3 is 2.45 bits per heavy atom. The molecular formula is C23H16FN3O2. The van der Waals surface area contributed by atoms with Gasteiger partial charge in [0.2, 0.25) is 5.88 Å². The highest BCUT2D eigenvalue weighted by molar-refractivity contribution is 6.04. The number of hydrogen-bond donors (Lipinski definition) is 1. The molecule has 1 N–H and O–H groups in total. The van der Waals surface area contributed by atoms with Gasteiger partial charge in [-0.2, -0.15) is 4.98 Å². The van der Waals surface area contributed by atoms with Crippen LogP contribution in [-0.2, 0) is 0 Å². The van der Waals surface area contributed by atoms with Gasteiger partial charge in [-0.05, 0) is 42.5 Å². The zero-order chi connectivity index (χ0) is 20.1. The van der Waals surface area contributed by atoms with Gasteiger partial charge in [0.05, 0.1) is 0 Å². The second-order valence-corrected chi connectivity index (χ2v) is 6.18. The van der Waals surface area contributed by atoms with Crippen LogP contribution in [0.4, 0.5) is 10.1 Å². The summed E-state index contributed by atoms with van der Waals surface area (Å²) in [5.41, 5.74) is 1.58. The molecule has 1 aromatic heterocycles. The summed E-state index contributed by atoms with van der Waals surface area (Å²) < 4.78 is 19.0. The topological polar surface area (TPSA) is 64.1 Å². The van der Waals surface area contributed by atoms with E-state index in [9.17, 15) is 9.18 Å². The van der Waals surface area contributed by atoms with Gasteiger partial charge in [0.1, 0.15) is 11.6 Å². The summed E-state index contributed by atoms with van der Waals surface area (Å²) in [4.78, 5) is 21.0. The van der Waals surface area contributed by atoms with Crippen LogP contribution in [0.25, 0.3) is 11.4 Å². The molecule has 5 nitrogen and oxygen atoms in total. The first kappa shape index (κ1) is 18.3. The minimum Gasteiger partial charge on any atom is -0.439 e. The zero-order valence-electron chi connectivity index (χ0n) is 15.2. The number of anilines is 1. The quantitative estimate of drug-likeness (QED) is 0.504. The molecule has 0 spiro atoms. The van der Waals surface area contributed by atoms with Gasteiger partial charge < -0.3 is 10.1 Å². The third kappa shape index (κ3) is 4.62. The van der Waals surface area contributed by atoms with Crippen molar-refractivity contribution in [3.05, 3.63) is 103 Å². The molecule has 1 heterocycles. The van der Waals surface area contributed by atoms with Gasteiger partial charge in [-0.15, -0.1) is 0 Å². The Balaban J connectivity index is 1.49. The normalized spacial score (nSPS) is 10.4. The third-order valence-electron chi connectivity index (χ3n) is 4.08. The fraction of sp³-hybridized carbons (Fsp3) is 0. The molecule has 0 saturated heterocycles. The van der Waals surface area contributed by atoms with E-state index in [2.05, 4.69) is 15.3 Å². The van der Waals surface area contributed by atoms with Crippen LogP contribution in [-0.4, -0.2) is 15.9 Å². The summed E-state index contributed by atoms with van der Waals surface area (Å²) >= 11 is 0. The zero-order valence-corrected chi connectivity index (χ0v) is 15.2. The first-order valence-electron chi connectivity index (χ1n) is 8.91. The lowest BCUT2D eigenvalue weighted by atomic mass is 10.1. The molecule has 0 aliphatic heterocycles. The number of carbonyl (C=O) groups excluding carboxylic acids is 1. The highest BCUT2D eigenvalue weighted by atomic mass is 19.1. The largest absolute Gasteiger partial charge is 0.439 e. The first-order chi connectivity index (χ1) is 14.2. The second kappa shape index (κ2) is 8.31. The van der Waals surface area contributed by atoms with Crippen molar-refractivity contribution in [2.24, 2.45) is 0 Å². The van der Waals surface area contributed by atoms with E-state index in [4.69, 9.17) is 4.74 Å². The number of hydrogen-bond acceptors (Lipinski definition) is 4. The van der Waals surface area contributed by atoms with Crippen molar-refractivity contribution in [2.75, 3.05) is 5.32 Å². The van der Waals surface area contributed by atoms with E-state index in [1.54, 1.807) is 42.6 Å². The Hall–Kier alpha value is -4.06. The average Bonchev–Trinajstić information content (AvgIpc) is 2.75. The van der Waals surface area contributed by atoms with Crippen LogP contribution in [0.1, 0.15) is 10.4 Å². The van der Waals surface area contributed by atoms with Gasteiger partial charge in [0.25, 0.3) is 5.91 Å². The van der Waals surface area contributed by atoms with Crippen LogP contribution in [0.15, 0.2) is 91.1 Å². The van der Waals surface area contributed by atoms with E-state index in [0.29, 0.717) is 28.7 Å². The summed E-state index contributed by atoms with van der Waals surface area (Å²) in [6.45, 7) is 0. The maximum atomic E-state index is 13.3. The SMILES string of the molecule is O=C(Nc1cccc(F)c1)c1ccc(-c2nccc(Oc3ccccc3)n2)cc1. The maximum Gasteiger partial charge on any atom is 0.255 e. The Morgan fingerprint density at radius 1 is 0.897 bits per heavy atom. The predicted molar refractivity (Wildman–Crippen MR) is 108 cm³/mol. The number of amides is 1. The lowest BCUT2D eigenvalue weighted by Crippen LogP contribution is -2.11. The van der Waals surface area contributed by atoms with Crippen molar-refractivity contribution in [1.82, 2.24) is 9.97 Å². The molecule has 6 heteroatoms. The van der Waals surface area contributed by atoms with E-state index in [1.165, 1.54) is 18.2 Å². The van der Waals surface area contributed by atoms with E-state index in [-0.39, 0.29) is 5.91 Å². The van der Waals surface area contributed by atoms with Gasteiger partial charge in [0, 0.05) is 29.1 Å². The number of halogens is 1. The minimum atomic E-state index is -0.409. The highest BCUT2D eigenvalue weighted by Gasteiger charge is 2.09. The Bertz CT molecular complexity index is 1130. The molecule has 0 unspecified atom stereocenters. The summed E-state index contributed by atoms with van der Waals surface area (Å²) in [6, 6.07) is 23.6. The monoisotopic (exact) mass is 385 g/mol. The standard InChI is InChI=1S/C23H16FN3O2/c24-18-5-4-6-19(15-18)26-23(28)17-11-9-16(10-12-17)22-25-14-13-21(27-22)29-20-7-2-1-3-8-20/h1-15H,(H,26,28). The molecule has 3 aromatic carbocycles. The van der Waals surface area contributed by atoms with Crippen molar-refractivity contribution in [1.29, 1.82) is 0 Å². The molecule has 4 rings (SSSR count). The number of ether oxygens (including phenoxy) is 1. The summed E-state index contributed by atoms with van der Waals surface area (Å²) in [6.07, 6.45) is 1.62. The number of carbonyl (C=O) groups is 1. The lowest BCUT2D eigenvalue weighted by molar-refractivity contribution is 0.102. The summed E-state index contributed by atoms with van der Waals surface area (Å²) in [7, 11) is 0. The van der Waals surface area contributed by atoms with E-state index >= 15 is 0 Å². The molecular weight excluding hydrogens is 369 g/mol. The van der Waals surface area contributed by atoms with Gasteiger partial charge in [0.15, 0.2) is 5.82 Å². The van der Waals surface area contributed by atoms with Gasteiger partial charge in [-0.3, -0.25) is 4.79 Å². The van der Waals surface area contributed by atoms with Crippen molar-refractivity contribution in [2.45, 2.75) is 0 Å². The number of nitrogens with zero attached hydrogens (tertiary/aromatic N) is 2. The first-order valence-corrected chi connectivity index (χ1v) is 8.91. The molecule has 142 valence electrons. The Morgan fingerprint density at radius 2 is 1.69 bits per heavy atom. The number of rotatable bonds is 5. The van der Waals surface area contributed by atoms with Gasteiger partial charge >= 0.3 is 0 Å². The second-order valence-electron chi connectivity index (χ2n) is 6.18. The van der Waals surface area contributed by atoms with E-state index < -0.39 is 5.82 Å². The number of para-hydroxylation sites is 1. The molecule has 0 aliphatic carbocycles. The molecule has 1 amide bonds. The lowest BCUT2D eigenvalue weighted by Gasteiger charge is -2.07. The van der Waals surface area contributed by atoms with Gasteiger partial charge in [-0.1, -0.05) is 36.4 Å². The molecule has 4 aromatic rings. The van der Waals surface area contributed by atoms with Crippen LogP contribution >= 0.6 is 0 Å². The third-order valence-corrected chi connectivity index (χ3v) is 4.08. The number of nitrogens with one attached hydrogen (secondary N) is 1. The molecule has 29 heavy (non-hydrogen) atoms. The van der Waals surface area contributed by atoms with Crippen LogP contribution in [0.2, 0.25) is 0 Å². The van der Waals surface area contributed by atoms with E-state index in [0.717, 1.165) is 5.56 Å². The Labute approximate surface area is 166 Å². The van der Waals surface area contributed by atoms with Crippen molar-refractivity contribution in [3.63, 3.8) is 0 Å². The van der Waals surface area contributed by atoms with Crippen LogP contribution in [0.5, 0.6) is 11.6 Å². The van der Waals surface area contributed by atoms with Crippen LogP contribution < -0.4 is 10.1 Å². The van der Waals surface area contributed by atoms with Crippen molar-refractivity contribution in [3.8, 4) is 23.0 Å². The fourth-order valence-electron chi connectivity index (χ4n) is 2.69. The number of benzene rings is 3. The predicted octanol–water partition coefficient (Wildman–Crippen LogP) is 5.33.